The predicted octanol–water partition coefficient (Wildman–Crippen LogP) is -1.12. The average Bonchev–Trinajstić information content (AvgIpc) is 2.98. The second kappa shape index (κ2) is 7.06. The second-order valence-electron chi connectivity index (χ2n) is 5.81. The number of benzene rings is 1. The van der Waals surface area contributed by atoms with Gasteiger partial charge >= 0.3 is 0 Å². The van der Waals surface area contributed by atoms with Crippen LogP contribution >= 0.6 is 0 Å². The number of fused-ring (bicyclic) bond motifs is 1. The van der Waals surface area contributed by atoms with Crippen molar-refractivity contribution >= 4 is 10.9 Å². The zero-order valence-electron chi connectivity index (χ0n) is 12.9. The fourth-order valence-electron chi connectivity index (χ4n) is 2.86. The largest absolute Gasteiger partial charge is 0.462 e. The molecule has 5 atom stereocenters. The maximum Gasteiger partial charge on any atom is 0.229 e. The normalized spacial score (nSPS) is 30.6. The fourth-order valence-corrected chi connectivity index (χ4v) is 2.86. The van der Waals surface area contributed by atoms with Gasteiger partial charge in [-0.1, -0.05) is 0 Å². The number of ether oxygens (including phenoxy) is 2. The minimum atomic E-state index is -1.48. The third-order valence-electron chi connectivity index (χ3n) is 4.22. The molecule has 132 valence electrons. The lowest BCUT2D eigenvalue weighted by Crippen LogP contribution is -2.60. The van der Waals surface area contributed by atoms with Crippen molar-refractivity contribution in [1.29, 1.82) is 0 Å². The molecule has 0 amide bonds. The van der Waals surface area contributed by atoms with Crippen LogP contribution in [0.25, 0.3) is 10.9 Å². The quantitative estimate of drug-likeness (QED) is 0.406. The summed E-state index contributed by atoms with van der Waals surface area (Å²) in [4.78, 5) is 3.09. The number of rotatable bonds is 5. The molecule has 0 saturated carbocycles. The molecule has 1 aromatic carbocycles. The van der Waals surface area contributed by atoms with Crippen LogP contribution in [0.5, 0.6) is 5.75 Å². The first-order valence-electron chi connectivity index (χ1n) is 7.73. The maximum absolute atomic E-state index is 10.0. The minimum absolute atomic E-state index is 0.0186. The number of aliphatic hydroxyl groups excluding tert-OH is 5. The minimum Gasteiger partial charge on any atom is -0.462 e. The zero-order chi connectivity index (χ0) is 17.3. The van der Waals surface area contributed by atoms with Crippen LogP contribution in [-0.4, -0.2) is 74.4 Å². The van der Waals surface area contributed by atoms with Crippen LogP contribution in [0.2, 0.25) is 0 Å². The van der Waals surface area contributed by atoms with Gasteiger partial charge in [0.25, 0.3) is 0 Å². The highest BCUT2D eigenvalue weighted by Crippen LogP contribution is 2.28. The van der Waals surface area contributed by atoms with Crippen molar-refractivity contribution in [2.24, 2.45) is 0 Å². The van der Waals surface area contributed by atoms with Gasteiger partial charge in [0.05, 0.1) is 6.61 Å². The summed E-state index contributed by atoms with van der Waals surface area (Å²) in [5, 5.41) is 48.7. The zero-order valence-corrected chi connectivity index (χ0v) is 12.9. The number of aliphatic hydroxyl groups is 5. The molecule has 2 aromatic rings. The van der Waals surface area contributed by atoms with Crippen molar-refractivity contribution in [3.63, 3.8) is 0 Å². The summed E-state index contributed by atoms with van der Waals surface area (Å²) in [5.41, 5.74) is 1.80. The van der Waals surface area contributed by atoms with E-state index in [1.165, 1.54) is 0 Å². The summed E-state index contributed by atoms with van der Waals surface area (Å²) in [6.45, 7) is -0.493. The third-order valence-corrected chi connectivity index (χ3v) is 4.22. The van der Waals surface area contributed by atoms with Crippen LogP contribution in [0.1, 0.15) is 5.56 Å². The molecule has 0 spiro atoms. The van der Waals surface area contributed by atoms with E-state index < -0.39 is 37.3 Å². The van der Waals surface area contributed by atoms with E-state index in [1.807, 2.05) is 0 Å². The molecule has 0 radical (unpaired) electrons. The first-order chi connectivity index (χ1) is 11.5. The lowest BCUT2D eigenvalue weighted by Gasteiger charge is -2.39. The topological polar surface area (TPSA) is 135 Å². The van der Waals surface area contributed by atoms with Crippen molar-refractivity contribution in [2.45, 2.75) is 37.1 Å². The van der Waals surface area contributed by atoms with E-state index in [0.29, 0.717) is 12.2 Å². The van der Waals surface area contributed by atoms with Crippen LogP contribution in [-0.2, 0) is 11.2 Å². The fraction of sp³-hybridized carbons (Fsp3) is 0.500. The molecule has 0 bridgehead atoms. The van der Waals surface area contributed by atoms with Gasteiger partial charge in [0, 0.05) is 23.7 Å². The van der Waals surface area contributed by atoms with Gasteiger partial charge in [-0.3, -0.25) is 0 Å². The Bertz CT molecular complexity index is 686. The molecule has 1 aliphatic rings. The van der Waals surface area contributed by atoms with Crippen LogP contribution in [0.15, 0.2) is 24.4 Å². The SMILES string of the molecule is OCCc1c[nH]c2ccc(O[C@H]3O[C@H](CO)[C@@H](O)[C@H](O)[C@H]3O)cc12. The third kappa shape index (κ3) is 3.12. The second-order valence-corrected chi connectivity index (χ2v) is 5.81. The van der Waals surface area contributed by atoms with E-state index in [0.717, 1.165) is 16.5 Å². The van der Waals surface area contributed by atoms with E-state index in [9.17, 15) is 20.4 Å². The summed E-state index contributed by atoms with van der Waals surface area (Å²) in [5.74, 6) is 0.394. The Hall–Kier alpha value is -1.68. The Morgan fingerprint density at radius 3 is 2.58 bits per heavy atom. The molecule has 6 N–H and O–H groups in total. The number of nitrogens with one attached hydrogen (secondary N) is 1. The molecule has 8 heteroatoms. The lowest BCUT2D eigenvalue weighted by molar-refractivity contribution is -0.277. The highest BCUT2D eigenvalue weighted by atomic mass is 16.7. The Morgan fingerprint density at radius 2 is 1.88 bits per heavy atom. The Kier molecular flexibility index (Phi) is 5.04. The Morgan fingerprint density at radius 1 is 1.08 bits per heavy atom. The average molecular weight is 339 g/mol. The number of aromatic amines is 1. The number of hydrogen-bond donors (Lipinski definition) is 6. The van der Waals surface area contributed by atoms with Crippen molar-refractivity contribution < 1.29 is 35.0 Å². The van der Waals surface area contributed by atoms with Gasteiger partial charge < -0.3 is 40.0 Å². The summed E-state index contributed by atoms with van der Waals surface area (Å²) < 4.78 is 10.9. The predicted molar refractivity (Wildman–Crippen MR) is 83.5 cm³/mol. The van der Waals surface area contributed by atoms with Crippen LogP contribution in [0.4, 0.5) is 0 Å². The summed E-state index contributed by atoms with van der Waals surface area (Å²) in [6.07, 6.45) is -4.31. The van der Waals surface area contributed by atoms with Crippen LogP contribution in [0, 0.1) is 0 Å². The Labute approximate surface area is 137 Å². The molecule has 0 aliphatic carbocycles. The summed E-state index contributed by atoms with van der Waals surface area (Å²) >= 11 is 0. The molecular formula is C16H21NO7. The highest BCUT2D eigenvalue weighted by Gasteiger charge is 2.44. The first-order valence-corrected chi connectivity index (χ1v) is 7.73. The monoisotopic (exact) mass is 339 g/mol. The molecule has 3 rings (SSSR count). The van der Waals surface area contributed by atoms with Gasteiger partial charge in [0.1, 0.15) is 30.2 Å². The lowest BCUT2D eigenvalue weighted by atomic mass is 9.99. The standard InChI is InChI=1S/C16H21NO7/c18-4-3-8-6-17-11-2-1-9(5-10(8)11)23-16-15(22)14(21)13(20)12(7-19)24-16/h1-2,5-6,12-22H,3-4,7H2/t12-,13-,14+,15-,16+/m1/s1. The van der Waals surface area contributed by atoms with E-state index in [2.05, 4.69) is 4.98 Å². The van der Waals surface area contributed by atoms with Gasteiger partial charge in [0.15, 0.2) is 0 Å². The Balaban J connectivity index is 1.82. The van der Waals surface area contributed by atoms with Crippen molar-refractivity contribution in [3.8, 4) is 5.75 Å². The molecule has 1 saturated heterocycles. The molecule has 0 unspecified atom stereocenters. The van der Waals surface area contributed by atoms with Crippen LogP contribution < -0.4 is 4.74 Å². The van der Waals surface area contributed by atoms with Crippen LogP contribution in [0.3, 0.4) is 0 Å². The number of hydrogen-bond acceptors (Lipinski definition) is 7. The van der Waals surface area contributed by atoms with Gasteiger partial charge in [-0.2, -0.15) is 0 Å². The van der Waals surface area contributed by atoms with Gasteiger partial charge in [-0.05, 0) is 30.2 Å². The van der Waals surface area contributed by atoms with E-state index in [1.54, 1.807) is 24.4 Å². The van der Waals surface area contributed by atoms with Gasteiger partial charge in [-0.15, -0.1) is 0 Å². The number of H-pyrrole nitrogens is 1. The van der Waals surface area contributed by atoms with E-state index >= 15 is 0 Å². The molecule has 2 heterocycles. The highest BCUT2D eigenvalue weighted by molar-refractivity contribution is 5.84. The van der Waals surface area contributed by atoms with E-state index in [4.69, 9.17) is 14.6 Å². The molecule has 24 heavy (non-hydrogen) atoms. The van der Waals surface area contributed by atoms with Gasteiger partial charge in [-0.25, -0.2) is 0 Å². The first kappa shape index (κ1) is 17.2. The molecule has 8 nitrogen and oxygen atoms in total. The number of aromatic nitrogens is 1. The van der Waals surface area contributed by atoms with Gasteiger partial charge in [0.2, 0.25) is 6.29 Å². The molecule has 1 aliphatic heterocycles. The maximum atomic E-state index is 10.0. The summed E-state index contributed by atoms with van der Waals surface area (Å²) in [6, 6.07) is 5.19. The van der Waals surface area contributed by atoms with Crippen molar-refractivity contribution in [1.82, 2.24) is 4.98 Å². The molecule has 1 fully saturated rings. The van der Waals surface area contributed by atoms with Crippen molar-refractivity contribution in [2.75, 3.05) is 13.2 Å². The van der Waals surface area contributed by atoms with E-state index in [-0.39, 0.29) is 6.61 Å². The summed E-state index contributed by atoms with van der Waals surface area (Å²) in [7, 11) is 0. The van der Waals surface area contributed by atoms with Crippen molar-refractivity contribution in [3.05, 3.63) is 30.0 Å². The molecular weight excluding hydrogens is 318 g/mol. The molecule has 1 aromatic heterocycles. The smallest absolute Gasteiger partial charge is 0.229 e.